The van der Waals surface area contributed by atoms with Gasteiger partial charge in [-0.15, -0.1) is 11.3 Å². The normalized spacial score (nSPS) is 14.7. The first-order chi connectivity index (χ1) is 11.6. The van der Waals surface area contributed by atoms with Crippen molar-refractivity contribution in [2.75, 3.05) is 29.9 Å². The van der Waals surface area contributed by atoms with Crippen LogP contribution in [0.25, 0.3) is 6.08 Å². The monoisotopic (exact) mass is 341 g/mol. The van der Waals surface area contributed by atoms with Crippen molar-refractivity contribution < 1.29 is 9.59 Å². The number of hydrogen-bond donors (Lipinski definition) is 2. The van der Waals surface area contributed by atoms with Gasteiger partial charge in [0.1, 0.15) is 0 Å². The molecule has 1 aromatic carbocycles. The first-order valence-electron chi connectivity index (χ1n) is 7.77. The molecule has 5 nitrogen and oxygen atoms in total. The van der Waals surface area contributed by atoms with Crippen molar-refractivity contribution in [3.8, 4) is 0 Å². The number of amides is 2. The summed E-state index contributed by atoms with van der Waals surface area (Å²) in [5.74, 6) is -0.126. The number of hydrogen-bond acceptors (Lipinski definition) is 4. The van der Waals surface area contributed by atoms with Gasteiger partial charge in [-0.25, -0.2) is 0 Å². The maximum Gasteiger partial charge on any atom is 0.248 e. The van der Waals surface area contributed by atoms with E-state index >= 15 is 0 Å². The maximum atomic E-state index is 12.0. The second-order valence-corrected chi connectivity index (χ2v) is 6.91. The fraction of sp³-hybridized carbons (Fsp3) is 0.222. The lowest BCUT2D eigenvalue weighted by molar-refractivity contribution is -0.120. The highest BCUT2D eigenvalue weighted by Crippen LogP contribution is 2.19. The molecule has 2 amide bonds. The molecule has 124 valence electrons. The number of carbonyl (C=O) groups is 2. The molecule has 0 aliphatic carbocycles. The molecule has 6 heteroatoms. The van der Waals surface area contributed by atoms with E-state index in [4.69, 9.17) is 0 Å². The van der Waals surface area contributed by atoms with Gasteiger partial charge in [0, 0.05) is 40.3 Å². The van der Waals surface area contributed by atoms with E-state index in [1.54, 1.807) is 11.3 Å². The Morgan fingerprint density at radius 3 is 2.71 bits per heavy atom. The SMILES string of the molecule is Cc1ccc(/C=C/C(=O)Nc2ccc(N3CCNC(=O)C3)cc2)s1. The molecule has 1 aromatic heterocycles. The molecule has 2 heterocycles. The van der Waals surface area contributed by atoms with Gasteiger partial charge in [0.05, 0.1) is 6.54 Å². The lowest BCUT2D eigenvalue weighted by Gasteiger charge is -2.28. The van der Waals surface area contributed by atoms with Crippen molar-refractivity contribution in [3.63, 3.8) is 0 Å². The zero-order chi connectivity index (χ0) is 16.9. The number of carbonyl (C=O) groups excluding carboxylic acids is 2. The average molecular weight is 341 g/mol. The molecule has 0 bridgehead atoms. The Kier molecular flexibility index (Phi) is 4.96. The molecular weight excluding hydrogens is 322 g/mol. The second-order valence-electron chi connectivity index (χ2n) is 5.59. The largest absolute Gasteiger partial charge is 0.360 e. The molecule has 0 unspecified atom stereocenters. The predicted molar refractivity (Wildman–Crippen MR) is 98.4 cm³/mol. The fourth-order valence-electron chi connectivity index (χ4n) is 2.50. The minimum atomic E-state index is -0.161. The Morgan fingerprint density at radius 2 is 2.04 bits per heavy atom. The van der Waals surface area contributed by atoms with Crippen molar-refractivity contribution in [1.29, 1.82) is 0 Å². The maximum absolute atomic E-state index is 12.0. The van der Waals surface area contributed by atoms with E-state index in [9.17, 15) is 9.59 Å². The van der Waals surface area contributed by atoms with Crippen LogP contribution in [-0.2, 0) is 9.59 Å². The van der Waals surface area contributed by atoms with Crippen LogP contribution < -0.4 is 15.5 Å². The fourth-order valence-corrected chi connectivity index (χ4v) is 3.28. The van der Waals surface area contributed by atoms with Crippen LogP contribution >= 0.6 is 11.3 Å². The molecule has 1 saturated heterocycles. The van der Waals surface area contributed by atoms with E-state index < -0.39 is 0 Å². The molecule has 2 aromatic rings. The third kappa shape index (κ3) is 4.23. The van der Waals surface area contributed by atoms with E-state index in [0.29, 0.717) is 13.1 Å². The smallest absolute Gasteiger partial charge is 0.248 e. The first kappa shape index (κ1) is 16.3. The number of nitrogens with one attached hydrogen (secondary N) is 2. The molecule has 0 radical (unpaired) electrons. The number of thiophene rings is 1. The Hall–Kier alpha value is -2.60. The molecule has 0 atom stereocenters. The summed E-state index contributed by atoms with van der Waals surface area (Å²) in [5, 5.41) is 5.64. The molecule has 24 heavy (non-hydrogen) atoms. The van der Waals surface area contributed by atoms with E-state index in [2.05, 4.69) is 10.6 Å². The van der Waals surface area contributed by atoms with Gasteiger partial charge >= 0.3 is 0 Å². The highest BCUT2D eigenvalue weighted by Gasteiger charge is 2.16. The summed E-state index contributed by atoms with van der Waals surface area (Å²) in [7, 11) is 0. The molecule has 0 spiro atoms. The highest BCUT2D eigenvalue weighted by atomic mass is 32.1. The summed E-state index contributed by atoms with van der Waals surface area (Å²) < 4.78 is 0. The van der Waals surface area contributed by atoms with E-state index in [0.717, 1.165) is 22.8 Å². The van der Waals surface area contributed by atoms with Crippen LogP contribution in [0.3, 0.4) is 0 Å². The molecule has 0 saturated carbocycles. The van der Waals surface area contributed by atoms with Crippen LogP contribution in [0, 0.1) is 6.92 Å². The molecule has 1 fully saturated rings. The predicted octanol–water partition coefficient (Wildman–Crippen LogP) is 2.64. The van der Waals surface area contributed by atoms with Gasteiger partial charge in [0.15, 0.2) is 0 Å². The van der Waals surface area contributed by atoms with Crippen LogP contribution in [0.5, 0.6) is 0 Å². The minimum absolute atomic E-state index is 0.0348. The number of nitrogens with zero attached hydrogens (tertiary/aromatic N) is 1. The first-order valence-corrected chi connectivity index (χ1v) is 8.59. The average Bonchev–Trinajstić information content (AvgIpc) is 2.99. The molecule has 2 N–H and O–H groups in total. The summed E-state index contributed by atoms with van der Waals surface area (Å²) in [6, 6.07) is 11.6. The number of anilines is 2. The third-order valence-electron chi connectivity index (χ3n) is 3.70. The molecular formula is C18H19N3O2S. The lowest BCUT2D eigenvalue weighted by Crippen LogP contribution is -2.47. The summed E-state index contributed by atoms with van der Waals surface area (Å²) in [5.41, 5.74) is 1.71. The lowest BCUT2D eigenvalue weighted by atomic mass is 10.2. The van der Waals surface area contributed by atoms with Gasteiger partial charge in [-0.2, -0.15) is 0 Å². The van der Waals surface area contributed by atoms with Crippen LogP contribution in [0.1, 0.15) is 9.75 Å². The van der Waals surface area contributed by atoms with Crippen molar-refractivity contribution >= 4 is 40.6 Å². The zero-order valence-corrected chi connectivity index (χ0v) is 14.2. The van der Waals surface area contributed by atoms with Crippen LogP contribution in [0.4, 0.5) is 11.4 Å². The van der Waals surface area contributed by atoms with Crippen LogP contribution in [0.15, 0.2) is 42.5 Å². The number of aryl methyl sites for hydroxylation is 1. The topological polar surface area (TPSA) is 61.4 Å². The summed E-state index contributed by atoms with van der Waals surface area (Å²) in [4.78, 5) is 27.7. The molecule has 1 aliphatic heterocycles. The summed E-state index contributed by atoms with van der Waals surface area (Å²) in [6.07, 6.45) is 3.35. The van der Waals surface area contributed by atoms with Crippen molar-refractivity contribution in [2.45, 2.75) is 6.92 Å². The number of rotatable bonds is 4. The van der Waals surface area contributed by atoms with E-state index in [1.165, 1.54) is 11.0 Å². The summed E-state index contributed by atoms with van der Waals surface area (Å²) in [6.45, 7) is 3.86. The van der Waals surface area contributed by atoms with Gasteiger partial charge in [-0.1, -0.05) is 0 Å². The highest BCUT2D eigenvalue weighted by molar-refractivity contribution is 7.12. The summed E-state index contributed by atoms with van der Waals surface area (Å²) >= 11 is 1.65. The van der Waals surface area contributed by atoms with Gasteiger partial charge in [-0.3, -0.25) is 9.59 Å². The third-order valence-corrected chi connectivity index (χ3v) is 4.66. The van der Waals surface area contributed by atoms with Gasteiger partial charge in [0.25, 0.3) is 0 Å². The Labute approximate surface area is 145 Å². The molecule has 3 rings (SSSR count). The Bertz CT molecular complexity index is 765. The van der Waals surface area contributed by atoms with E-state index in [1.807, 2.05) is 54.3 Å². The van der Waals surface area contributed by atoms with Crippen molar-refractivity contribution in [3.05, 3.63) is 52.2 Å². The standard InChI is InChI=1S/C18H19N3O2S/c1-13-2-7-16(24-13)8-9-17(22)20-14-3-5-15(6-4-14)21-11-10-19-18(23)12-21/h2-9H,10-12H2,1H3,(H,19,23)(H,20,22)/b9-8+. The number of benzene rings is 1. The van der Waals surface area contributed by atoms with Crippen molar-refractivity contribution in [1.82, 2.24) is 5.32 Å². The number of piperazine rings is 1. The molecule has 1 aliphatic rings. The second kappa shape index (κ2) is 7.31. The quantitative estimate of drug-likeness (QED) is 0.841. The Morgan fingerprint density at radius 1 is 1.25 bits per heavy atom. The van der Waals surface area contributed by atoms with Crippen LogP contribution in [-0.4, -0.2) is 31.4 Å². The Balaban J connectivity index is 1.58. The van der Waals surface area contributed by atoms with Gasteiger partial charge in [-0.05, 0) is 49.4 Å². The van der Waals surface area contributed by atoms with Crippen molar-refractivity contribution in [2.24, 2.45) is 0 Å². The van der Waals surface area contributed by atoms with Gasteiger partial charge in [0.2, 0.25) is 11.8 Å². The van der Waals surface area contributed by atoms with E-state index in [-0.39, 0.29) is 11.8 Å². The zero-order valence-electron chi connectivity index (χ0n) is 13.4. The van der Waals surface area contributed by atoms with Gasteiger partial charge < -0.3 is 15.5 Å². The minimum Gasteiger partial charge on any atom is -0.360 e. The van der Waals surface area contributed by atoms with Crippen LogP contribution in [0.2, 0.25) is 0 Å².